The summed E-state index contributed by atoms with van der Waals surface area (Å²) >= 11 is 3.29. The highest BCUT2D eigenvalue weighted by Gasteiger charge is 2.24. The third-order valence-corrected chi connectivity index (χ3v) is 8.08. The first-order valence-corrected chi connectivity index (χ1v) is 13.0. The number of fused-ring (bicyclic) bond motifs is 3. The number of nitrogens with zero attached hydrogens (tertiary/aromatic N) is 5. The van der Waals surface area contributed by atoms with Crippen LogP contribution in [0.15, 0.2) is 51.7 Å². The molecule has 0 fully saturated rings. The predicted molar refractivity (Wildman–Crippen MR) is 132 cm³/mol. The van der Waals surface area contributed by atoms with Crippen LogP contribution >= 0.6 is 23.1 Å². The van der Waals surface area contributed by atoms with Gasteiger partial charge >= 0.3 is 0 Å². The Labute approximate surface area is 200 Å². The number of allylic oxidation sites excluding steroid dienone is 1. The number of thiophene rings is 1. The number of pyridine rings is 1. The molecule has 9 heteroatoms. The van der Waals surface area contributed by atoms with Gasteiger partial charge in [0, 0.05) is 41.6 Å². The van der Waals surface area contributed by atoms with Crippen molar-refractivity contribution in [2.24, 2.45) is 5.92 Å². The minimum absolute atomic E-state index is 0.0633. The Morgan fingerprint density at radius 2 is 2.18 bits per heavy atom. The lowest BCUT2D eigenvalue weighted by atomic mass is 9.89. The van der Waals surface area contributed by atoms with Crippen LogP contribution in [-0.2, 0) is 25.8 Å². The van der Waals surface area contributed by atoms with Crippen LogP contribution in [0.2, 0.25) is 0 Å². The summed E-state index contributed by atoms with van der Waals surface area (Å²) in [5.41, 5.74) is 2.17. The Balaban J connectivity index is 1.30. The summed E-state index contributed by atoms with van der Waals surface area (Å²) in [6, 6.07) is 3.71. The molecule has 0 amide bonds. The highest BCUT2D eigenvalue weighted by Crippen LogP contribution is 2.36. The molecule has 0 aliphatic heterocycles. The Kier molecular flexibility index (Phi) is 6.41. The van der Waals surface area contributed by atoms with Crippen molar-refractivity contribution in [2.45, 2.75) is 50.7 Å². The largest absolute Gasteiger partial charge is 0.339 e. The molecule has 5 rings (SSSR count). The van der Waals surface area contributed by atoms with Crippen LogP contribution < -0.4 is 5.56 Å². The second kappa shape index (κ2) is 9.61. The fourth-order valence-corrected chi connectivity index (χ4v) is 6.54. The van der Waals surface area contributed by atoms with E-state index in [-0.39, 0.29) is 5.56 Å². The monoisotopic (exact) mass is 479 g/mol. The van der Waals surface area contributed by atoms with E-state index in [1.807, 2.05) is 12.1 Å². The summed E-state index contributed by atoms with van der Waals surface area (Å²) in [5.74, 6) is 2.64. The zero-order valence-electron chi connectivity index (χ0n) is 18.5. The summed E-state index contributed by atoms with van der Waals surface area (Å²) in [4.78, 5) is 29.0. The van der Waals surface area contributed by atoms with Gasteiger partial charge in [-0.1, -0.05) is 29.9 Å². The van der Waals surface area contributed by atoms with Gasteiger partial charge in [-0.25, -0.2) is 4.98 Å². The lowest BCUT2D eigenvalue weighted by Crippen LogP contribution is -2.23. The van der Waals surface area contributed by atoms with Gasteiger partial charge in [0.2, 0.25) is 11.7 Å². The highest BCUT2D eigenvalue weighted by molar-refractivity contribution is 7.99. The topological polar surface area (TPSA) is 86.7 Å². The molecule has 1 atom stereocenters. The average molecular weight is 480 g/mol. The summed E-state index contributed by atoms with van der Waals surface area (Å²) < 4.78 is 7.16. The lowest BCUT2D eigenvalue weighted by molar-refractivity contribution is 0.378. The molecule has 33 heavy (non-hydrogen) atoms. The smallest absolute Gasteiger partial charge is 0.263 e. The second-order valence-electron chi connectivity index (χ2n) is 8.33. The summed E-state index contributed by atoms with van der Waals surface area (Å²) in [6.45, 7) is 6.58. The number of hydrogen-bond donors (Lipinski definition) is 0. The van der Waals surface area contributed by atoms with E-state index in [4.69, 9.17) is 9.51 Å². The average Bonchev–Trinajstić information content (AvgIpc) is 3.44. The van der Waals surface area contributed by atoms with Gasteiger partial charge in [-0.2, -0.15) is 4.98 Å². The molecular formula is C24H25N5O2S2. The molecule has 4 heterocycles. The molecule has 0 aromatic carbocycles. The van der Waals surface area contributed by atoms with Crippen LogP contribution in [-0.4, -0.2) is 30.4 Å². The Morgan fingerprint density at radius 3 is 3.00 bits per heavy atom. The SMILES string of the molecule is C=CCn1c(SCCCc2nc(-c3ccncc3)no2)nc2sc3c(c2c1=O)CCC(C)C3. The standard InChI is InChI=1S/C24H25N5O2S2/c1-3-12-29-23(30)20-17-7-6-15(2)14-18(17)33-22(20)27-24(29)32-13-4-5-19-26-21(28-31-19)16-8-10-25-11-9-16/h3,8-11,15H,1,4-7,12-14H2,2H3. The van der Waals surface area contributed by atoms with Gasteiger partial charge in [0.1, 0.15) is 4.83 Å². The predicted octanol–water partition coefficient (Wildman–Crippen LogP) is 4.94. The molecule has 0 radical (unpaired) electrons. The number of rotatable bonds is 8. The van der Waals surface area contributed by atoms with E-state index >= 15 is 0 Å². The van der Waals surface area contributed by atoms with Crippen molar-refractivity contribution in [3.05, 3.63) is 63.9 Å². The van der Waals surface area contributed by atoms with Crippen LogP contribution in [0, 0.1) is 5.92 Å². The maximum absolute atomic E-state index is 13.4. The molecule has 4 aromatic heterocycles. The normalized spacial score (nSPS) is 15.6. The van der Waals surface area contributed by atoms with E-state index in [1.54, 1.807) is 46.1 Å². The fraction of sp³-hybridized carbons (Fsp3) is 0.375. The molecule has 1 aliphatic carbocycles. The van der Waals surface area contributed by atoms with Gasteiger partial charge < -0.3 is 4.52 Å². The van der Waals surface area contributed by atoms with Crippen LogP contribution in [0.3, 0.4) is 0 Å². The molecular weight excluding hydrogens is 454 g/mol. The van der Waals surface area contributed by atoms with E-state index in [0.29, 0.717) is 30.6 Å². The number of aromatic nitrogens is 5. The first kappa shape index (κ1) is 22.0. The summed E-state index contributed by atoms with van der Waals surface area (Å²) in [7, 11) is 0. The molecule has 1 aliphatic rings. The van der Waals surface area contributed by atoms with Crippen LogP contribution in [0.4, 0.5) is 0 Å². The zero-order chi connectivity index (χ0) is 22.8. The highest BCUT2D eigenvalue weighted by atomic mass is 32.2. The zero-order valence-corrected chi connectivity index (χ0v) is 20.1. The molecule has 7 nitrogen and oxygen atoms in total. The van der Waals surface area contributed by atoms with Gasteiger partial charge in [-0.15, -0.1) is 17.9 Å². The molecule has 0 saturated carbocycles. The molecule has 0 spiro atoms. The maximum Gasteiger partial charge on any atom is 0.263 e. The second-order valence-corrected chi connectivity index (χ2v) is 10.5. The quantitative estimate of drug-likeness (QED) is 0.153. The Bertz CT molecular complexity index is 1340. The molecule has 4 aromatic rings. The maximum atomic E-state index is 13.4. The van der Waals surface area contributed by atoms with Gasteiger partial charge in [0.15, 0.2) is 5.16 Å². The first-order valence-electron chi connectivity index (χ1n) is 11.2. The third-order valence-electron chi connectivity index (χ3n) is 5.86. The van der Waals surface area contributed by atoms with E-state index in [0.717, 1.165) is 52.4 Å². The lowest BCUT2D eigenvalue weighted by Gasteiger charge is -2.17. The molecule has 0 bridgehead atoms. The van der Waals surface area contributed by atoms with Gasteiger partial charge in [0.05, 0.1) is 5.39 Å². The van der Waals surface area contributed by atoms with Crippen LogP contribution in [0.5, 0.6) is 0 Å². The minimum atomic E-state index is 0.0633. The fourth-order valence-electron chi connectivity index (χ4n) is 4.17. The molecule has 0 N–H and O–H groups in total. The molecule has 170 valence electrons. The van der Waals surface area contributed by atoms with E-state index < -0.39 is 0 Å². The van der Waals surface area contributed by atoms with Crippen molar-refractivity contribution in [3.63, 3.8) is 0 Å². The van der Waals surface area contributed by atoms with Crippen molar-refractivity contribution in [2.75, 3.05) is 5.75 Å². The van der Waals surface area contributed by atoms with Crippen molar-refractivity contribution in [1.29, 1.82) is 0 Å². The van der Waals surface area contributed by atoms with Crippen LogP contribution in [0.25, 0.3) is 21.6 Å². The van der Waals surface area contributed by atoms with Crippen molar-refractivity contribution in [3.8, 4) is 11.4 Å². The van der Waals surface area contributed by atoms with Gasteiger partial charge in [0.25, 0.3) is 5.56 Å². The van der Waals surface area contributed by atoms with Crippen molar-refractivity contribution < 1.29 is 4.52 Å². The minimum Gasteiger partial charge on any atom is -0.339 e. The third kappa shape index (κ3) is 4.52. The molecule has 1 unspecified atom stereocenters. The van der Waals surface area contributed by atoms with Gasteiger partial charge in [-0.3, -0.25) is 14.3 Å². The number of hydrogen-bond acceptors (Lipinski definition) is 8. The van der Waals surface area contributed by atoms with Crippen LogP contribution in [0.1, 0.15) is 36.1 Å². The summed E-state index contributed by atoms with van der Waals surface area (Å²) in [5, 5.41) is 5.63. The Morgan fingerprint density at radius 1 is 1.33 bits per heavy atom. The van der Waals surface area contributed by atoms with E-state index in [2.05, 4.69) is 28.6 Å². The Hall–Kier alpha value is -2.78. The number of thioether (sulfide) groups is 1. The molecule has 0 saturated heterocycles. The first-order chi connectivity index (χ1) is 16.1. The van der Waals surface area contributed by atoms with Crippen molar-refractivity contribution >= 4 is 33.3 Å². The van der Waals surface area contributed by atoms with Crippen molar-refractivity contribution in [1.82, 2.24) is 24.7 Å². The summed E-state index contributed by atoms with van der Waals surface area (Å²) in [6.07, 6.45) is 9.84. The van der Waals surface area contributed by atoms with E-state index in [1.165, 1.54) is 10.4 Å². The van der Waals surface area contributed by atoms with E-state index in [9.17, 15) is 4.79 Å². The van der Waals surface area contributed by atoms with Gasteiger partial charge in [-0.05, 0) is 49.3 Å². The number of aryl methyl sites for hydroxylation is 2.